The van der Waals surface area contributed by atoms with Gasteiger partial charge in [0.05, 0.1) is 19.6 Å². The van der Waals surface area contributed by atoms with Crippen LogP contribution in [0.1, 0.15) is 26.7 Å². The number of nitrogens with one attached hydrogen (secondary N) is 3. The minimum absolute atomic E-state index is 0.318. The van der Waals surface area contributed by atoms with Crippen LogP contribution in [-0.2, 0) is 24.0 Å². The van der Waals surface area contributed by atoms with Gasteiger partial charge in [0.25, 0.3) is 0 Å². The average Bonchev–Trinajstić information content (AvgIpc) is 2.61. The lowest BCUT2D eigenvalue weighted by molar-refractivity contribution is -0.147. The van der Waals surface area contributed by atoms with E-state index in [9.17, 15) is 29.1 Å². The molecule has 0 saturated heterocycles. The summed E-state index contributed by atoms with van der Waals surface area (Å²) in [4.78, 5) is 57.7. The molecule has 8 N–H and O–H groups in total. The van der Waals surface area contributed by atoms with Crippen LogP contribution in [0, 0.1) is 5.92 Å². The molecule has 0 rings (SSSR count). The molecule has 3 amide bonds. The Bertz CT molecular complexity index is 568. The Morgan fingerprint density at radius 1 is 0.963 bits per heavy atom. The van der Waals surface area contributed by atoms with Crippen molar-refractivity contribution in [3.63, 3.8) is 0 Å². The lowest BCUT2D eigenvalue weighted by Crippen LogP contribution is -2.58. The fourth-order valence-corrected chi connectivity index (χ4v) is 2.04. The number of amides is 3. The van der Waals surface area contributed by atoms with Crippen LogP contribution in [0.15, 0.2) is 0 Å². The van der Waals surface area contributed by atoms with Crippen molar-refractivity contribution in [1.29, 1.82) is 0 Å². The number of hydrogen-bond acceptors (Lipinski definition) is 7. The zero-order valence-corrected chi connectivity index (χ0v) is 15.1. The highest BCUT2D eigenvalue weighted by atomic mass is 16.4. The molecule has 0 aliphatic rings. The van der Waals surface area contributed by atoms with Crippen LogP contribution in [0.3, 0.4) is 0 Å². The van der Waals surface area contributed by atoms with E-state index in [0.717, 1.165) is 0 Å². The van der Waals surface area contributed by atoms with Crippen molar-refractivity contribution in [2.75, 3.05) is 13.2 Å². The number of carboxylic acid groups (broad SMARTS) is 2. The van der Waals surface area contributed by atoms with E-state index in [2.05, 4.69) is 10.6 Å². The number of aliphatic hydroxyl groups excluding tert-OH is 1. The van der Waals surface area contributed by atoms with Gasteiger partial charge in [-0.2, -0.15) is 0 Å². The second-order valence-corrected chi connectivity index (χ2v) is 5.88. The summed E-state index contributed by atoms with van der Waals surface area (Å²) in [6.07, 6.45) is -0.367. The van der Waals surface area contributed by atoms with E-state index >= 15 is 0 Å². The van der Waals surface area contributed by atoms with E-state index < -0.39 is 60.8 Å². The largest absolute Gasteiger partial charge is 0.481 e. The number of aliphatic hydroxyl groups is 1. The maximum atomic E-state index is 12.4. The zero-order valence-electron chi connectivity index (χ0n) is 15.1. The maximum Gasteiger partial charge on any atom is 0.326 e. The number of carboxylic acids is 2. The molecular weight excluding hydrogens is 364 g/mol. The Labute approximate surface area is 155 Å². The fraction of sp³-hybridized carbons (Fsp3) is 0.667. The normalized spacial score (nSPS) is 15.0. The van der Waals surface area contributed by atoms with Gasteiger partial charge in [0, 0.05) is 0 Å². The number of carbonyl (C=O) groups is 5. The summed E-state index contributed by atoms with van der Waals surface area (Å²) < 4.78 is 0. The van der Waals surface area contributed by atoms with E-state index in [4.69, 9.17) is 15.9 Å². The zero-order chi connectivity index (χ0) is 21.1. The van der Waals surface area contributed by atoms with Crippen molar-refractivity contribution in [3.05, 3.63) is 0 Å². The SMILES string of the molecule is CCC(C)C(NC(=O)CN)C(=O)NC(CO)C(=O)NC(CC(=O)O)C(=O)O. The summed E-state index contributed by atoms with van der Waals surface area (Å²) in [5, 5.41) is 33.5. The summed E-state index contributed by atoms with van der Waals surface area (Å²) in [5.41, 5.74) is 5.21. The van der Waals surface area contributed by atoms with E-state index in [1.807, 2.05) is 5.32 Å². The van der Waals surface area contributed by atoms with E-state index in [-0.39, 0.29) is 12.5 Å². The maximum absolute atomic E-state index is 12.4. The lowest BCUT2D eigenvalue weighted by Gasteiger charge is -2.26. The van der Waals surface area contributed by atoms with Crippen LogP contribution >= 0.6 is 0 Å². The monoisotopic (exact) mass is 390 g/mol. The molecule has 0 radical (unpaired) electrons. The molecular formula is C15H26N4O8. The van der Waals surface area contributed by atoms with Gasteiger partial charge in [-0.3, -0.25) is 19.2 Å². The molecule has 27 heavy (non-hydrogen) atoms. The molecule has 0 bridgehead atoms. The van der Waals surface area contributed by atoms with Crippen molar-refractivity contribution in [2.45, 2.75) is 44.8 Å². The molecule has 4 atom stereocenters. The minimum atomic E-state index is -1.73. The molecule has 0 saturated carbocycles. The van der Waals surface area contributed by atoms with Crippen LogP contribution in [0.2, 0.25) is 0 Å². The molecule has 0 spiro atoms. The van der Waals surface area contributed by atoms with Crippen LogP contribution in [0.4, 0.5) is 0 Å². The van der Waals surface area contributed by atoms with E-state index in [1.54, 1.807) is 13.8 Å². The van der Waals surface area contributed by atoms with E-state index in [0.29, 0.717) is 6.42 Å². The Morgan fingerprint density at radius 2 is 1.52 bits per heavy atom. The molecule has 12 heteroatoms. The summed E-state index contributed by atoms with van der Waals surface area (Å²) in [6.45, 7) is 2.25. The highest BCUT2D eigenvalue weighted by Crippen LogP contribution is 2.08. The lowest BCUT2D eigenvalue weighted by atomic mass is 9.98. The highest BCUT2D eigenvalue weighted by Gasteiger charge is 2.31. The molecule has 0 aromatic rings. The molecule has 0 aromatic heterocycles. The Balaban J connectivity index is 5.16. The van der Waals surface area contributed by atoms with Crippen molar-refractivity contribution in [1.82, 2.24) is 16.0 Å². The van der Waals surface area contributed by atoms with Crippen molar-refractivity contribution in [3.8, 4) is 0 Å². The van der Waals surface area contributed by atoms with Crippen molar-refractivity contribution in [2.24, 2.45) is 11.7 Å². The summed E-state index contributed by atoms with van der Waals surface area (Å²) in [5.74, 6) is -5.79. The standard InChI is InChI=1S/C15H26N4O8/c1-3-7(2)12(19-10(21)5-16)14(25)18-9(6-20)13(24)17-8(15(26)27)4-11(22)23/h7-9,12,20H,3-6,16H2,1-2H3,(H,17,24)(H,18,25)(H,19,21)(H,22,23)(H,26,27). The number of hydrogen-bond donors (Lipinski definition) is 7. The van der Waals surface area contributed by atoms with Gasteiger partial charge in [-0.05, 0) is 5.92 Å². The molecule has 0 aromatic carbocycles. The number of nitrogens with two attached hydrogens (primary N) is 1. The van der Waals surface area contributed by atoms with Gasteiger partial charge in [0.2, 0.25) is 17.7 Å². The van der Waals surface area contributed by atoms with Crippen LogP contribution < -0.4 is 21.7 Å². The van der Waals surface area contributed by atoms with Gasteiger partial charge in [-0.25, -0.2) is 4.79 Å². The first-order valence-electron chi connectivity index (χ1n) is 8.22. The first-order chi connectivity index (χ1) is 12.6. The quantitative estimate of drug-likeness (QED) is 0.181. The average molecular weight is 390 g/mol. The predicted molar refractivity (Wildman–Crippen MR) is 91.3 cm³/mol. The number of rotatable bonds is 12. The third-order valence-electron chi connectivity index (χ3n) is 3.81. The first kappa shape index (κ1) is 24.3. The minimum Gasteiger partial charge on any atom is -0.481 e. The van der Waals surface area contributed by atoms with Gasteiger partial charge in [-0.15, -0.1) is 0 Å². The number of carbonyl (C=O) groups excluding carboxylic acids is 3. The Hall–Kier alpha value is -2.73. The molecule has 0 aliphatic heterocycles. The number of aliphatic carboxylic acids is 2. The molecule has 0 aliphatic carbocycles. The van der Waals surface area contributed by atoms with Gasteiger partial charge in [0.15, 0.2) is 0 Å². The second-order valence-electron chi connectivity index (χ2n) is 5.88. The predicted octanol–water partition coefficient (Wildman–Crippen LogP) is -3.00. The third-order valence-corrected chi connectivity index (χ3v) is 3.81. The van der Waals surface area contributed by atoms with Crippen LogP contribution in [0.25, 0.3) is 0 Å². The van der Waals surface area contributed by atoms with Crippen LogP contribution in [0.5, 0.6) is 0 Å². The van der Waals surface area contributed by atoms with Crippen molar-refractivity contribution >= 4 is 29.7 Å². The van der Waals surface area contributed by atoms with Gasteiger partial charge >= 0.3 is 11.9 Å². The topological polar surface area (TPSA) is 208 Å². The second kappa shape index (κ2) is 11.8. The molecule has 0 fully saturated rings. The Morgan fingerprint density at radius 3 is 1.93 bits per heavy atom. The third kappa shape index (κ3) is 8.46. The first-order valence-corrected chi connectivity index (χ1v) is 8.22. The molecule has 154 valence electrons. The molecule has 0 heterocycles. The molecule has 12 nitrogen and oxygen atoms in total. The summed E-state index contributed by atoms with van der Waals surface area (Å²) >= 11 is 0. The molecule has 4 unspecified atom stereocenters. The van der Waals surface area contributed by atoms with Crippen molar-refractivity contribution < 1.29 is 39.3 Å². The smallest absolute Gasteiger partial charge is 0.326 e. The van der Waals surface area contributed by atoms with Gasteiger partial charge in [0.1, 0.15) is 18.1 Å². The van der Waals surface area contributed by atoms with Crippen LogP contribution in [-0.4, -0.2) is 76.3 Å². The Kier molecular flexibility index (Phi) is 10.6. The van der Waals surface area contributed by atoms with E-state index in [1.165, 1.54) is 0 Å². The summed E-state index contributed by atoms with van der Waals surface area (Å²) in [7, 11) is 0. The summed E-state index contributed by atoms with van der Waals surface area (Å²) in [6, 6.07) is -4.29. The fourth-order valence-electron chi connectivity index (χ4n) is 2.04. The van der Waals surface area contributed by atoms with Gasteiger partial charge in [-0.1, -0.05) is 20.3 Å². The van der Waals surface area contributed by atoms with Gasteiger partial charge < -0.3 is 37.0 Å². The highest BCUT2D eigenvalue weighted by molar-refractivity contribution is 5.94.